The number of carbonyl (C=O) groups is 2. The van der Waals surface area contributed by atoms with Crippen molar-refractivity contribution in [1.82, 2.24) is 16.0 Å². The Morgan fingerprint density at radius 1 is 1.25 bits per heavy atom. The summed E-state index contributed by atoms with van der Waals surface area (Å²) in [5, 5.41) is 8.22. The van der Waals surface area contributed by atoms with Crippen molar-refractivity contribution < 1.29 is 9.59 Å². The summed E-state index contributed by atoms with van der Waals surface area (Å²) in [6, 6.07) is -0.296. The number of urea groups is 1. The summed E-state index contributed by atoms with van der Waals surface area (Å²) >= 11 is 0. The van der Waals surface area contributed by atoms with E-state index in [1.807, 2.05) is 13.8 Å². The molecule has 92 valence electrons. The molecular weight excluding hydrogens is 206 g/mol. The van der Waals surface area contributed by atoms with E-state index in [-0.39, 0.29) is 18.0 Å². The van der Waals surface area contributed by atoms with E-state index in [2.05, 4.69) is 16.0 Å². The van der Waals surface area contributed by atoms with Crippen molar-refractivity contribution in [2.45, 2.75) is 58.2 Å². The normalized spacial score (nSPS) is 18.4. The molecule has 0 radical (unpaired) electrons. The molecule has 1 aliphatic rings. The Bertz CT molecular complexity index is 264. The lowest BCUT2D eigenvalue weighted by molar-refractivity contribution is -0.123. The molecule has 0 aromatic heterocycles. The molecule has 2 atom stereocenters. The summed E-state index contributed by atoms with van der Waals surface area (Å²) in [4.78, 5) is 23.0. The lowest BCUT2D eigenvalue weighted by atomic mass is 10.2. The lowest BCUT2D eigenvalue weighted by Crippen LogP contribution is -2.50. The third-order valence-electron chi connectivity index (χ3n) is 2.65. The van der Waals surface area contributed by atoms with Gasteiger partial charge in [0.05, 0.1) is 0 Å². The second kappa shape index (κ2) is 5.72. The monoisotopic (exact) mass is 227 g/mol. The fourth-order valence-corrected chi connectivity index (χ4v) is 1.19. The van der Waals surface area contributed by atoms with Gasteiger partial charge in [-0.2, -0.15) is 0 Å². The quantitative estimate of drug-likeness (QED) is 0.648. The molecule has 0 aliphatic heterocycles. The van der Waals surface area contributed by atoms with Crippen LogP contribution in [0, 0.1) is 0 Å². The Morgan fingerprint density at radius 2 is 1.88 bits per heavy atom. The average molecular weight is 227 g/mol. The molecular formula is C11H21N3O2. The summed E-state index contributed by atoms with van der Waals surface area (Å²) < 4.78 is 0. The van der Waals surface area contributed by atoms with Gasteiger partial charge in [0.2, 0.25) is 5.91 Å². The van der Waals surface area contributed by atoms with Gasteiger partial charge in [0, 0.05) is 12.1 Å². The van der Waals surface area contributed by atoms with E-state index in [0.29, 0.717) is 6.04 Å². The van der Waals surface area contributed by atoms with Crippen LogP contribution in [0.2, 0.25) is 0 Å². The van der Waals surface area contributed by atoms with Crippen molar-refractivity contribution in [2.75, 3.05) is 0 Å². The van der Waals surface area contributed by atoms with E-state index in [1.54, 1.807) is 6.92 Å². The second-order valence-corrected chi connectivity index (χ2v) is 4.43. The maximum atomic E-state index is 11.6. The van der Waals surface area contributed by atoms with Crippen molar-refractivity contribution in [3.63, 3.8) is 0 Å². The first-order chi connectivity index (χ1) is 7.52. The van der Waals surface area contributed by atoms with E-state index in [4.69, 9.17) is 0 Å². The lowest BCUT2D eigenvalue weighted by Gasteiger charge is -2.17. The molecule has 0 aromatic rings. The minimum Gasteiger partial charge on any atom is -0.352 e. The molecule has 0 bridgehead atoms. The zero-order valence-electron chi connectivity index (χ0n) is 10.2. The molecule has 1 rings (SSSR count). The highest BCUT2D eigenvalue weighted by Gasteiger charge is 2.24. The van der Waals surface area contributed by atoms with Gasteiger partial charge in [-0.1, -0.05) is 6.92 Å². The molecule has 3 amide bonds. The van der Waals surface area contributed by atoms with Gasteiger partial charge in [-0.05, 0) is 33.1 Å². The predicted molar refractivity (Wildman–Crippen MR) is 62.0 cm³/mol. The second-order valence-electron chi connectivity index (χ2n) is 4.43. The Hall–Kier alpha value is -1.26. The van der Waals surface area contributed by atoms with Gasteiger partial charge >= 0.3 is 6.03 Å². The molecule has 1 aliphatic carbocycles. The van der Waals surface area contributed by atoms with E-state index in [1.165, 1.54) is 0 Å². The van der Waals surface area contributed by atoms with Crippen LogP contribution in [0.5, 0.6) is 0 Å². The Morgan fingerprint density at radius 3 is 2.38 bits per heavy atom. The largest absolute Gasteiger partial charge is 0.352 e. The zero-order chi connectivity index (χ0) is 12.1. The molecule has 5 heteroatoms. The Kier molecular flexibility index (Phi) is 4.58. The van der Waals surface area contributed by atoms with Crippen LogP contribution in [0.15, 0.2) is 0 Å². The van der Waals surface area contributed by atoms with Gasteiger partial charge in [0.15, 0.2) is 0 Å². The fraction of sp³-hybridized carbons (Fsp3) is 0.818. The minimum absolute atomic E-state index is 0.139. The number of carbonyl (C=O) groups excluding carboxylic acids is 2. The van der Waals surface area contributed by atoms with Crippen molar-refractivity contribution >= 4 is 11.9 Å². The first-order valence-electron chi connectivity index (χ1n) is 5.90. The fourth-order valence-electron chi connectivity index (χ4n) is 1.19. The van der Waals surface area contributed by atoms with E-state index >= 15 is 0 Å². The van der Waals surface area contributed by atoms with Crippen LogP contribution in [0.3, 0.4) is 0 Å². The van der Waals surface area contributed by atoms with Crippen LogP contribution >= 0.6 is 0 Å². The Balaban J connectivity index is 2.23. The molecule has 1 saturated carbocycles. The third-order valence-corrected chi connectivity index (χ3v) is 2.65. The third kappa shape index (κ3) is 4.51. The van der Waals surface area contributed by atoms with Crippen LogP contribution in [0.25, 0.3) is 0 Å². The van der Waals surface area contributed by atoms with Gasteiger partial charge in [-0.3, -0.25) is 4.79 Å². The van der Waals surface area contributed by atoms with Crippen LogP contribution in [0.4, 0.5) is 4.79 Å². The van der Waals surface area contributed by atoms with Gasteiger partial charge < -0.3 is 16.0 Å². The van der Waals surface area contributed by atoms with E-state index < -0.39 is 6.04 Å². The summed E-state index contributed by atoms with van der Waals surface area (Å²) in [5.41, 5.74) is 0. The van der Waals surface area contributed by atoms with Crippen LogP contribution < -0.4 is 16.0 Å². The molecule has 0 spiro atoms. The van der Waals surface area contributed by atoms with Crippen molar-refractivity contribution in [2.24, 2.45) is 0 Å². The summed E-state index contributed by atoms with van der Waals surface area (Å²) in [7, 11) is 0. The van der Waals surface area contributed by atoms with E-state index in [0.717, 1.165) is 19.3 Å². The van der Waals surface area contributed by atoms with Gasteiger partial charge in [-0.15, -0.1) is 0 Å². The Labute approximate surface area is 96.4 Å². The summed E-state index contributed by atoms with van der Waals surface area (Å²) in [5.74, 6) is -0.139. The van der Waals surface area contributed by atoms with Crippen LogP contribution in [-0.2, 0) is 4.79 Å². The smallest absolute Gasteiger partial charge is 0.315 e. The number of rotatable bonds is 5. The highest BCUT2D eigenvalue weighted by Crippen LogP contribution is 2.18. The minimum atomic E-state index is -0.493. The first kappa shape index (κ1) is 12.8. The molecule has 5 nitrogen and oxygen atoms in total. The first-order valence-corrected chi connectivity index (χ1v) is 5.90. The molecule has 0 saturated heterocycles. The van der Waals surface area contributed by atoms with Crippen molar-refractivity contribution in [3.8, 4) is 0 Å². The van der Waals surface area contributed by atoms with E-state index in [9.17, 15) is 9.59 Å². The summed E-state index contributed by atoms with van der Waals surface area (Å²) in [6.07, 6.45) is 2.97. The SMILES string of the molecule is CC[C@@H](C)NC(=O)[C@@H](C)NC(=O)NC1CC1. The van der Waals surface area contributed by atoms with Crippen LogP contribution in [0.1, 0.15) is 40.0 Å². The topological polar surface area (TPSA) is 70.2 Å². The molecule has 0 unspecified atom stereocenters. The standard InChI is InChI=1S/C11H21N3O2/c1-4-7(2)12-10(15)8(3)13-11(16)14-9-5-6-9/h7-9H,4-6H2,1-3H3,(H,12,15)(H2,13,14,16)/t7-,8-/m1/s1. The molecule has 16 heavy (non-hydrogen) atoms. The molecule has 3 N–H and O–H groups in total. The molecule has 0 aromatic carbocycles. The molecule has 0 heterocycles. The number of hydrogen-bond donors (Lipinski definition) is 3. The number of amides is 3. The zero-order valence-corrected chi connectivity index (χ0v) is 10.2. The predicted octanol–water partition coefficient (Wildman–Crippen LogP) is 0.751. The van der Waals surface area contributed by atoms with Gasteiger partial charge in [-0.25, -0.2) is 4.79 Å². The molecule has 1 fully saturated rings. The van der Waals surface area contributed by atoms with Gasteiger partial charge in [0.1, 0.15) is 6.04 Å². The number of nitrogens with one attached hydrogen (secondary N) is 3. The number of hydrogen-bond acceptors (Lipinski definition) is 2. The van der Waals surface area contributed by atoms with Crippen molar-refractivity contribution in [1.29, 1.82) is 0 Å². The van der Waals surface area contributed by atoms with Crippen molar-refractivity contribution in [3.05, 3.63) is 0 Å². The maximum Gasteiger partial charge on any atom is 0.315 e. The highest BCUT2D eigenvalue weighted by molar-refractivity contribution is 5.86. The summed E-state index contributed by atoms with van der Waals surface area (Å²) in [6.45, 7) is 5.63. The maximum absolute atomic E-state index is 11.6. The average Bonchev–Trinajstić information content (AvgIpc) is 3.00. The highest BCUT2D eigenvalue weighted by atomic mass is 16.2. The van der Waals surface area contributed by atoms with Gasteiger partial charge in [0.25, 0.3) is 0 Å². The van der Waals surface area contributed by atoms with Crippen LogP contribution in [-0.4, -0.2) is 30.1 Å².